The van der Waals surface area contributed by atoms with Gasteiger partial charge in [0.1, 0.15) is 10.7 Å². The highest BCUT2D eigenvalue weighted by Gasteiger charge is 2.27. The number of carbonyl (C=O) groups is 4. The summed E-state index contributed by atoms with van der Waals surface area (Å²) in [7, 11) is 0. The molecule has 150 valence electrons. The Bertz CT molecular complexity index is 930. The van der Waals surface area contributed by atoms with Gasteiger partial charge in [-0.1, -0.05) is 0 Å². The topological polar surface area (TPSA) is 141 Å². The van der Waals surface area contributed by atoms with E-state index in [2.05, 4.69) is 10.3 Å². The van der Waals surface area contributed by atoms with Crippen LogP contribution in [0.2, 0.25) is 0 Å². The van der Waals surface area contributed by atoms with E-state index in [0.717, 1.165) is 11.3 Å². The van der Waals surface area contributed by atoms with Gasteiger partial charge in [0, 0.05) is 5.69 Å². The number of H-pyrrole nitrogens is 1. The average Bonchev–Trinajstić information content (AvgIpc) is 3.19. The zero-order valence-electron chi connectivity index (χ0n) is 15.9. The van der Waals surface area contributed by atoms with Crippen LogP contribution in [0.4, 0.5) is 5.00 Å². The minimum atomic E-state index is -1.14. The lowest BCUT2D eigenvalue weighted by atomic mass is 10.1. The maximum absolute atomic E-state index is 12.5. The molecule has 0 aliphatic heterocycles. The number of amides is 2. The van der Waals surface area contributed by atoms with Crippen molar-refractivity contribution < 1.29 is 28.7 Å². The van der Waals surface area contributed by atoms with Gasteiger partial charge in [0.2, 0.25) is 0 Å². The van der Waals surface area contributed by atoms with Gasteiger partial charge in [-0.15, -0.1) is 11.3 Å². The molecule has 9 nitrogen and oxygen atoms in total. The largest absolute Gasteiger partial charge is 0.461 e. The van der Waals surface area contributed by atoms with Crippen molar-refractivity contribution in [3.05, 3.63) is 39.5 Å². The molecule has 0 bridgehead atoms. The molecule has 2 amide bonds. The highest BCUT2D eigenvalue weighted by atomic mass is 32.1. The lowest BCUT2D eigenvalue weighted by molar-refractivity contribution is -0.123. The summed E-state index contributed by atoms with van der Waals surface area (Å²) < 4.78 is 10.2. The van der Waals surface area contributed by atoms with Crippen molar-refractivity contribution >= 4 is 40.1 Å². The number of nitrogens with one attached hydrogen (secondary N) is 2. The SMILES string of the molecule is CCOC(=O)c1[nH]c(C)c(C(=O)O[C@@H](C)C(=O)Nc2sccc2C(N)=O)c1C. The highest BCUT2D eigenvalue weighted by Crippen LogP contribution is 2.24. The number of hydrogen-bond acceptors (Lipinski definition) is 7. The van der Waals surface area contributed by atoms with Crippen LogP contribution in [0.1, 0.15) is 56.3 Å². The van der Waals surface area contributed by atoms with E-state index in [1.54, 1.807) is 26.2 Å². The quantitative estimate of drug-likeness (QED) is 0.601. The first-order valence-electron chi connectivity index (χ1n) is 8.42. The van der Waals surface area contributed by atoms with Gasteiger partial charge in [0.05, 0.1) is 17.7 Å². The monoisotopic (exact) mass is 407 g/mol. The zero-order valence-corrected chi connectivity index (χ0v) is 16.7. The number of aryl methyl sites for hydroxylation is 1. The number of ether oxygens (including phenoxy) is 2. The number of nitrogens with two attached hydrogens (primary N) is 1. The van der Waals surface area contributed by atoms with Crippen LogP contribution in [0.25, 0.3) is 0 Å². The second-order valence-electron chi connectivity index (χ2n) is 5.91. The third-order valence-electron chi connectivity index (χ3n) is 3.94. The third kappa shape index (κ3) is 4.39. The Kier molecular flexibility index (Phi) is 6.57. The van der Waals surface area contributed by atoms with Crippen LogP contribution in [0, 0.1) is 13.8 Å². The molecule has 2 aromatic heterocycles. The van der Waals surface area contributed by atoms with Gasteiger partial charge in [0.15, 0.2) is 6.10 Å². The molecule has 0 fully saturated rings. The number of esters is 2. The van der Waals surface area contributed by atoms with Crippen LogP contribution in [-0.4, -0.2) is 41.4 Å². The molecule has 0 spiro atoms. The van der Waals surface area contributed by atoms with Gasteiger partial charge < -0.3 is 25.5 Å². The van der Waals surface area contributed by atoms with Gasteiger partial charge in [0.25, 0.3) is 11.8 Å². The van der Waals surface area contributed by atoms with Crippen molar-refractivity contribution in [3.63, 3.8) is 0 Å². The van der Waals surface area contributed by atoms with Crippen molar-refractivity contribution in [1.82, 2.24) is 4.98 Å². The minimum Gasteiger partial charge on any atom is -0.461 e. The number of carbonyl (C=O) groups excluding carboxylic acids is 4. The second kappa shape index (κ2) is 8.70. The Morgan fingerprint density at radius 2 is 1.93 bits per heavy atom. The molecule has 0 saturated heterocycles. The van der Waals surface area contributed by atoms with Crippen LogP contribution >= 0.6 is 11.3 Å². The minimum absolute atomic E-state index is 0.160. The standard InChI is InChI=1S/C18H21N3O6S/c1-5-26-18(25)13-8(2)12(9(3)20-13)17(24)27-10(4)15(23)21-16-11(14(19)22)6-7-28-16/h6-7,10,20H,5H2,1-4H3,(H2,19,22)(H,21,23)/t10-/m0/s1. The Morgan fingerprint density at radius 3 is 2.54 bits per heavy atom. The summed E-state index contributed by atoms with van der Waals surface area (Å²) in [6, 6.07) is 1.49. The summed E-state index contributed by atoms with van der Waals surface area (Å²) in [6.07, 6.45) is -1.14. The summed E-state index contributed by atoms with van der Waals surface area (Å²) in [5, 5.41) is 4.40. The highest BCUT2D eigenvalue weighted by molar-refractivity contribution is 7.14. The number of rotatable bonds is 7. The summed E-state index contributed by atoms with van der Waals surface area (Å²) >= 11 is 1.13. The molecule has 2 rings (SSSR count). The van der Waals surface area contributed by atoms with E-state index >= 15 is 0 Å². The predicted octanol–water partition coefficient (Wildman–Crippen LogP) is 2.15. The molecule has 4 N–H and O–H groups in total. The van der Waals surface area contributed by atoms with Crippen LogP contribution in [0.3, 0.4) is 0 Å². The van der Waals surface area contributed by atoms with E-state index in [-0.39, 0.29) is 28.4 Å². The van der Waals surface area contributed by atoms with Gasteiger partial charge in [-0.05, 0) is 44.7 Å². The number of anilines is 1. The number of aromatic nitrogens is 1. The molecular formula is C18H21N3O6S. The molecule has 0 aliphatic carbocycles. The summed E-state index contributed by atoms with van der Waals surface area (Å²) in [5.74, 6) is -2.63. The lowest BCUT2D eigenvalue weighted by Crippen LogP contribution is -2.30. The Balaban J connectivity index is 2.12. The van der Waals surface area contributed by atoms with E-state index in [0.29, 0.717) is 11.3 Å². The fraction of sp³-hybridized carbons (Fsp3) is 0.333. The predicted molar refractivity (Wildman–Crippen MR) is 103 cm³/mol. The van der Waals surface area contributed by atoms with Crippen LogP contribution in [0.15, 0.2) is 11.4 Å². The Hall–Kier alpha value is -3.14. The van der Waals surface area contributed by atoms with Gasteiger partial charge in [-0.25, -0.2) is 9.59 Å². The number of hydrogen-bond donors (Lipinski definition) is 3. The van der Waals surface area contributed by atoms with Crippen molar-refractivity contribution in [2.45, 2.75) is 33.8 Å². The van der Waals surface area contributed by atoms with Crippen molar-refractivity contribution in [2.75, 3.05) is 11.9 Å². The maximum atomic E-state index is 12.5. The summed E-state index contributed by atoms with van der Waals surface area (Å²) in [6.45, 7) is 6.47. The molecular weight excluding hydrogens is 386 g/mol. The molecule has 0 unspecified atom stereocenters. The van der Waals surface area contributed by atoms with Crippen molar-refractivity contribution in [1.29, 1.82) is 0 Å². The van der Waals surface area contributed by atoms with E-state index in [4.69, 9.17) is 15.2 Å². The van der Waals surface area contributed by atoms with E-state index in [9.17, 15) is 19.2 Å². The Labute approximate surface area is 165 Å². The lowest BCUT2D eigenvalue weighted by Gasteiger charge is -2.13. The molecule has 1 atom stereocenters. The molecule has 28 heavy (non-hydrogen) atoms. The molecule has 0 radical (unpaired) electrons. The van der Waals surface area contributed by atoms with Gasteiger partial charge in [-0.3, -0.25) is 9.59 Å². The molecule has 10 heteroatoms. The first kappa shape index (κ1) is 21.2. The average molecular weight is 407 g/mol. The van der Waals surface area contributed by atoms with E-state index < -0.39 is 29.9 Å². The van der Waals surface area contributed by atoms with E-state index in [1.165, 1.54) is 13.0 Å². The van der Waals surface area contributed by atoms with Crippen LogP contribution in [0.5, 0.6) is 0 Å². The second-order valence-corrected chi connectivity index (χ2v) is 6.83. The number of thiophene rings is 1. The van der Waals surface area contributed by atoms with Crippen LogP contribution < -0.4 is 11.1 Å². The van der Waals surface area contributed by atoms with E-state index in [1.807, 2.05) is 0 Å². The Morgan fingerprint density at radius 1 is 1.25 bits per heavy atom. The molecule has 0 saturated carbocycles. The number of aromatic amines is 1. The molecule has 0 aliphatic rings. The fourth-order valence-electron chi connectivity index (χ4n) is 2.55. The third-order valence-corrected chi connectivity index (χ3v) is 4.77. The zero-order chi connectivity index (χ0) is 21.0. The normalized spacial score (nSPS) is 11.6. The van der Waals surface area contributed by atoms with Crippen molar-refractivity contribution in [3.8, 4) is 0 Å². The smallest absolute Gasteiger partial charge is 0.355 e. The fourth-order valence-corrected chi connectivity index (χ4v) is 3.35. The first-order chi connectivity index (χ1) is 13.2. The maximum Gasteiger partial charge on any atom is 0.355 e. The molecule has 0 aromatic carbocycles. The summed E-state index contributed by atoms with van der Waals surface area (Å²) in [4.78, 5) is 50.9. The van der Waals surface area contributed by atoms with Crippen molar-refractivity contribution in [2.24, 2.45) is 5.73 Å². The van der Waals surface area contributed by atoms with Crippen LogP contribution in [-0.2, 0) is 14.3 Å². The summed E-state index contributed by atoms with van der Waals surface area (Å²) in [5.41, 5.74) is 6.54. The molecule has 2 heterocycles. The molecule has 2 aromatic rings. The first-order valence-corrected chi connectivity index (χ1v) is 9.30. The van der Waals surface area contributed by atoms with Gasteiger partial charge in [-0.2, -0.15) is 0 Å². The van der Waals surface area contributed by atoms with Gasteiger partial charge >= 0.3 is 11.9 Å². The number of primary amides is 1.